The van der Waals surface area contributed by atoms with Crippen molar-refractivity contribution in [2.24, 2.45) is 0 Å². The molecular weight excluding hydrogens is 295 g/mol. The Hall–Kier alpha value is -2.17. The Morgan fingerprint density at radius 2 is 1.13 bits per heavy atom. The summed E-state index contributed by atoms with van der Waals surface area (Å²) in [6.45, 7) is 4.00. The molecule has 0 radical (unpaired) electrons. The van der Waals surface area contributed by atoms with E-state index < -0.39 is 0 Å². The van der Waals surface area contributed by atoms with Crippen LogP contribution in [0.1, 0.15) is 16.7 Å². The number of rotatable bonds is 6. The van der Waals surface area contributed by atoms with Gasteiger partial charge in [-0.15, -0.1) is 0 Å². The van der Waals surface area contributed by atoms with E-state index in [9.17, 15) is 0 Å². The van der Waals surface area contributed by atoms with Crippen LogP contribution < -0.4 is 5.30 Å². The lowest BCUT2D eigenvalue weighted by molar-refractivity contribution is 1.33. The SMILES string of the molecule is C=Cc1ccccc1P(Cc1ccccc1)Cc1ccccc1. The first-order valence-corrected chi connectivity index (χ1v) is 9.62. The van der Waals surface area contributed by atoms with Crippen molar-refractivity contribution in [2.75, 3.05) is 0 Å². The maximum absolute atomic E-state index is 4.00. The predicted molar refractivity (Wildman–Crippen MR) is 103 cm³/mol. The van der Waals surface area contributed by atoms with Crippen LogP contribution in [0, 0.1) is 0 Å². The average Bonchev–Trinajstić information content (AvgIpc) is 2.63. The van der Waals surface area contributed by atoms with Crippen LogP contribution in [0.4, 0.5) is 0 Å². The summed E-state index contributed by atoms with van der Waals surface area (Å²) in [6, 6.07) is 30.3. The Kier molecular flexibility index (Phi) is 5.40. The summed E-state index contributed by atoms with van der Waals surface area (Å²) in [5.41, 5.74) is 4.09. The van der Waals surface area contributed by atoms with Crippen molar-refractivity contribution < 1.29 is 0 Å². The molecule has 0 amide bonds. The van der Waals surface area contributed by atoms with Gasteiger partial charge in [-0.1, -0.05) is 106 Å². The van der Waals surface area contributed by atoms with Gasteiger partial charge < -0.3 is 0 Å². The van der Waals surface area contributed by atoms with Crippen molar-refractivity contribution in [3.63, 3.8) is 0 Å². The minimum Gasteiger partial charge on any atom is -0.0984 e. The second-order valence-corrected chi connectivity index (χ2v) is 7.78. The lowest BCUT2D eigenvalue weighted by Crippen LogP contribution is -2.08. The zero-order chi connectivity index (χ0) is 15.9. The Balaban J connectivity index is 1.94. The van der Waals surface area contributed by atoms with Crippen LogP contribution in [-0.4, -0.2) is 0 Å². The fraction of sp³-hybridized carbons (Fsp3) is 0.0909. The summed E-state index contributed by atoms with van der Waals surface area (Å²) >= 11 is 0. The van der Waals surface area contributed by atoms with Crippen molar-refractivity contribution >= 4 is 19.3 Å². The summed E-state index contributed by atoms with van der Waals surface area (Å²) in [7, 11) is -0.306. The van der Waals surface area contributed by atoms with Gasteiger partial charge in [-0.25, -0.2) is 0 Å². The highest BCUT2D eigenvalue weighted by atomic mass is 31.1. The molecule has 0 saturated heterocycles. The van der Waals surface area contributed by atoms with E-state index in [4.69, 9.17) is 0 Å². The third kappa shape index (κ3) is 4.18. The molecule has 0 atom stereocenters. The number of hydrogen-bond donors (Lipinski definition) is 0. The summed E-state index contributed by atoms with van der Waals surface area (Å²) in [6.07, 6.45) is 4.20. The van der Waals surface area contributed by atoms with Crippen LogP contribution in [-0.2, 0) is 12.3 Å². The van der Waals surface area contributed by atoms with Crippen LogP contribution in [0.2, 0.25) is 0 Å². The van der Waals surface area contributed by atoms with Gasteiger partial charge >= 0.3 is 0 Å². The van der Waals surface area contributed by atoms with Gasteiger partial charge in [0.15, 0.2) is 0 Å². The second kappa shape index (κ2) is 7.90. The maximum Gasteiger partial charge on any atom is -0.00296 e. The summed E-state index contributed by atoms with van der Waals surface area (Å²) in [4.78, 5) is 0. The van der Waals surface area contributed by atoms with E-state index in [2.05, 4.69) is 91.5 Å². The Labute approximate surface area is 140 Å². The normalized spacial score (nSPS) is 10.7. The first-order chi connectivity index (χ1) is 11.4. The van der Waals surface area contributed by atoms with Crippen LogP contribution in [0.25, 0.3) is 6.08 Å². The summed E-state index contributed by atoms with van der Waals surface area (Å²) in [5.74, 6) is 0. The molecule has 0 unspecified atom stereocenters. The molecule has 23 heavy (non-hydrogen) atoms. The summed E-state index contributed by atoms with van der Waals surface area (Å²) in [5, 5.41) is 1.45. The fourth-order valence-corrected chi connectivity index (χ4v) is 5.37. The monoisotopic (exact) mass is 316 g/mol. The number of hydrogen-bond acceptors (Lipinski definition) is 0. The van der Waals surface area contributed by atoms with Crippen LogP contribution in [0.5, 0.6) is 0 Å². The third-order valence-corrected chi connectivity index (χ3v) is 6.51. The van der Waals surface area contributed by atoms with Crippen LogP contribution in [0.15, 0.2) is 91.5 Å². The van der Waals surface area contributed by atoms with Gasteiger partial charge in [-0.2, -0.15) is 0 Å². The molecule has 0 fully saturated rings. The van der Waals surface area contributed by atoms with E-state index in [0.29, 0.717) is 0 Å². The van der Waals surface area contributed by atoms with E-state index in [1.54, 1.807) is 0 Å². The van der Waals surface area contributed by atoms with E-state index in [0.717, 1.165) is 12.3 Å². The lowest BCUT2D eigenvalue weighted by Gasteiger charge is -2.21. The third-order valence-electron chi connectivity index (χ3n) is 3.93. The van der Waals surface area contributed by atoms with Crippen molar-refractivity contribution in [1.82, 2.24) is 0 Å². The zero-order valence-corrected chi connectivity index (χ0v) is 14.1. The average molecular weight is 316 g/mol. The molecule has 1 heteroatoms. The van der Waals surface area contributed by atoms with Gasteiger partial charge in [0.2, 0.25) is 0 Å². The molecule has 0 aliphatic carbocycles. The molecule has 0 aliphatic rings. The molecule has 0 spiro atoms. The first kappa shape index (κ1) is 15.7. The zero-order valence-electron chi connectivity index (χ0n) is 13.2. The van der Waals surface area contributed by atoms with Crippen molar-refractivity contribution in [3.05, 3.63) is 108 Å². The highest BCUT2D eigenvalue weighted by Gasteiger charge is 2.15. The molecule has 0 saturated carbocycles. The minimum atomic E-state index is -0.306. The van der Waals surface area contributed by atoms with E-state index in [1.165, 1.54) is 22.0 Å². The molecule has 0 aromatic heterocycles. The predicted octanol–water partition coefficient (Wildman–Crippen LogP) is 5.84. The molecule has 3 rings (SSSR count). The molecule has 0 nitrogen and oxygen atoms in total. The minimum absolute atomic E-state index is 0.306. The standard InChI is InChI=1S/C22H21P/c1-2-21-15-9-10-16-22(21)23(17-19-11-5-3-6-12-19)18-20-13-7-4-8-14-20/h2-16H,1,17-18H2. The van der Waals surface area contributed by atoms with Gasteiger partial charge in [0.1, 0.15) is 0 Å². The Morgan fingerprint density at radius 1 is 0.652 bits per heavy atom. The molecule has 0 N–H and O–H groups in total. The van der Waals surface area contributed by atoms with Crippen molar-refractivity contribution in [1.29, 1.82) is 0 Å². The van der Waals surface area contributed by atoms with Gasteiger partial charge in [-0.3, -0.25) is 0 Å². The lowest BCUT2D eigenvalue weighted by atomic mass is 10.2. The van der Waals surface area contributed by atoms with E-state index >= 15 is 0 Å². The maximum atomic E-state index is 4.00. The van der Waals surface area contributed by atoms with Gasteiger partial charge in [-0.05, 0) is 34.3 Å². The quantitative estimate of drug-likeness (QED) is 0.501. The molecular formula is C22H21P. The Bertz CT molecular complexity index is 706. The van der Waals surface area contributed by atoms with Crippen molar-refractivity contribution in [3.8, 4) is 0 Å². The molecule has 0 heterocycles. The summed E-state index contributed by atoms with van der Waals surface area (Å²) < 4.78 is 0. The molecule has 0 bridgehead atoms. The molecule has 114 valence electrons. The second-order valence-electron chi connectivity index (χ2n) is 5.59. The van der Waals surface area contributed by atoms with E-state index in [-0.39, 0.29) is 7.92 Å². The van der Waals surface area contributed by atoms with Gasteiger partial charge in [0, 0.05) is 0 Å². The van der Waals surface area contributed by atoms with Gasteiger partial charge in [0.25, 0.3) is 0 Å². The molecule has 3 aromatic carbocycles. The first-order valence-electron chi connectivity index (χ1n) is 7.91. The number of benzene rings is 3. The fourth-order valence-electron chi connectivity index (χ4n) is 2.78. The molecule has 3 aromatic rings. The van der Waals surface area contributed by atoms with Crippen LogP contribution in [0.3, 0.4) is 0 Å². The molecule has 0 aliphatic heterocycles. The highest BCUT2D eigenvalue weighted by Crippen LogP contribution is 2.43. The Morgan fingerprint density at radius 3 is 1.65 bits per heavy atom. The highest BCUT2D eigenvalue weighted by molar-refractivity contribution is 7.64. The van der Waals surface area contributed by atoms with E-state index in [1.807, 2.05) is 6.08 Å². The largest absolute Gasteiger partial charge is 0.0984 e. The van der Waals surface area contributed by atoms with Crippen molar-refractivity contribution in [2.45, 2.75) is 12.3 Å². The van der Waals surface area contributed by atoms with Crippen LogP contribution >= 0.6 is 7.92 Å². The van der Waals surface area contributed by atoms with Gasteiger partial charge in [0.05, 0.1) is 0 Å². The topological polar surface area (TPSA) is 0 Å². The smallest absolute Gasteiger partial charge is 0.00296 e.